The lowest BCUT2D eigenvalue weighted by Crippen LogP contribution is -2.22. The number of rotatable bonds is 4. The Kier molecular flexibility index (Phi) is 4.94. The average molecular weight is 245 g/mol. The standard InChI is InChI=1S/C10H13ClN2OS/c1-2-15-9-4-3-7(11)5-8(9)13-10(14)6-12/h3-5H,2,6,12H2,1H3,(H,13,14). The fraction of sp³-hybridized carbons (Fsp3) is 0.300. The number of hydrogen-bond acceptors (Lipinski definition) is 3. The van der Waals surface area contributed by atoms with Crippen LogP contribution in [0.15, 0.2) is 23.1 Å². The van der Waals surface area contributed by atoms with Crippen molar-refractivity contribution in [1.82, 2.24) is 0 Å². The summed E-state index contributed by atoms with van der Waals surface area (Å²) in [6.07, 6.45) is 0. The summed E-state index contributed by atoms with van der Waals surface area (Å²) in [7, 11) is 0. The van der Waals surface area contributed by atoms with E-state index in [0.717, 1.165) is 16.3 Å². The lowest BCUT2D eigenvalue weighted by molar-refractivity contribution is -0.114. The van der Waals surface area contributed by atoms with Crippen molar-refractivity contribution in [2.75, 3.05) is 17.6 Å². The van der Waals surface area contributed by atoms with Gasteiger partial charge in [0, 0.05) is 9.92 Å². The highest BCUT2D eigenvalue weighted by molar-refractivity contribution is 7.99. The summed E-state index contributed by atoms with van der Waals surface area (Å²) in [6.45, 7) is 2.02. The van der Waals surface area contributed by atoms with Gasteiger partial charge in [-0.3, -0.25) is 4.79 Å². The van der Waals surface area contributed by atoms with Crippen molar-refractivity contribution in [1.29, 1.82) is 0 Å². The Labute approximate surface area is 98.4 Å². The molecule has 1 amide bonds. The van der Waals surface area contributed by atoms with E-state index >= 15 is 0 Å². The molecule has 0 aliphatic carbocycles. The van der Waals surface area contributed by atoms with Crippen LogP contribution in [0.3, 0.4) is 0 Å². The first kappa shape index (κ1) is 12.4. The van der Waals surface area contributed by atoms with Crippen molar-refractivity contribution >= 4 is 35.0 Å². The van der Waals surface area contributed by atoms with E-state index in [9.17, 15) is 4.79 Å². The molecule has 0 spiro atoms. The average Bonchev–Trinajstić information content (AvgIpc) is 2.22. The third kappa shape index (κ3) is 3.74. The number of carbonyl (C=O) groups excluding carboxylic acids is 1. The topological polar surface area (TPSA) is 55.1 Å². The minimum atomic E-state index is -0.213. The maximum atomic E-state index is 11.2. The molecule has 0 heterocycles. The number of benzene rings is 1. The van der Waals surface area contributed by atoms with E-state index in [1.54, 1.807) is 23.9 Å². The van der Waals surface area contributed by atoms with Crippen LogP contribution in [-0.2, 0) is 4.79 Å². The van der Waals surface area contributed by atoms with Gasteiger partial charge in [0.05, 0.1) is 12.2 Å². The summed E-state index contributed by atoms with van der Waals surface area (Å²) >= 11 is 7.50. The van der Waals surface area contributed by atoms with Gasteiger partial charge in [-0.05, 0) is 24.0 Å². The number of hydrogen-bond donors (Lipinski definition) is 2. The lowest BCUT2D eigenvalue weighted by atomic mass is 10.3. The fourth-order valence-electron chi connectivity index (χ4n) is 1.08. The highest BCUT2D eigenvalue weighted by Crippen LogP contribution is 2.29. The fourth-order valence-corrected chi connectivity index (χ4v) is 2.00. The Morgan fingerprint density at radius 3 is 2.93 bits per heavy atom. The van der Waals surface area contributed by atoms with Crippen LogP contribution < -0.4 is 11.1 Å². The Hall–Kier alpha value is -0.710. The first-order chi connectivity index (χ1) is 7.17. The number of nitrogens with two attached hydrogens (primary N) is 1. The Morgan fingerprint density at radius 1 is 1.60 bits per heavy atom. The highest BCUT2D eigenvalue weighted by Gasteiger charge is 2.06. The van der Waals surface area contributed by atoms with E-state index in [1.165, 1.54) is 0 Å². The predicted octanol–water partition coefficient (Wildman–Crippen LogP) is 2.35. The molecular weight excluding hydrogens is 232 g/mol. The molecule has 3 N–H and O–H groups in total. The summed E-state index contributed by atoms with van der Waals surface area (Å²) in [6, 6.07) is 5.42. The van der Waals surface area contributed by atoms with Gasteiger partial charge in [-0.15, -0.1) is 11.8 Å². The molecule has 0 aliphatic rings. The third-order valence-electron chi connectivity index (χ3n) is 1.70. The van der Waals surface area contributed by atoms with Crippen LogP contribution in [0.1, 0.15) is 6.92 Å². The van der Waals surface area contributed by atoms with E-state index in [-0.39, 0.29) is 12.5 Å². The molecule has 0 atom stereocenters. The third-order valence-corrected chi connectivity index (χ3v) is 2.89. The molecule has 0 fully saturated rings. The second-order valence-corrected chi connectivity index (χ2v) is 4.57. The van der Waals surface area contributed by atoms with E-state index in [2.05, 4.69) is 5.32 Å². The lowest BCUT2D eigenvalue weighted by Gasteiger charge is -2.09. The number of thioether (sulfide) groups is 1. The molecule has 0 radical (unpaired) electrons. The van der Waals surface area contributed by atoms with Gasteiger partial charge in [-0.25, -0.2) is 0 Å². The molecule has 15 heavy (non-hydrogen) atoms. The predicted molar refractivity (Wildman–Crippen MR) is 65.5 cm³/mol. The molecule has 0 saturated heterocycles. The van der Waals surface area contributed by atoms with Crippen molar-refractivity contribution in [3.8, 4) is 0 Å². The number of anilines is 1. The molecule has 0 saturated carbocycles. The largest absolute Gasteiger partial charge is 0.324 e. The van der Waals surface area contributed by atoms with Crippen LogP contribution in [-0.4, -0.2) is 18.2 Å². The Balaban J connectivity index is 2.91. The highest BCUT2D eigenvalue weighted by atomic mass is 35.5. The Morgan fingerprint density at radius 2 is 2.33 bits per heavy atom. The molecule has 82 valence electrons. The molecule has 0 aromatic heterocycles. The van der Waals surface area contributed by atoms with Gasteiger partial charge in [-0.2, -0.15) is 0 Å². The van der Waals surface area contributed by atoms with Gasteiger partial charge in [-0.1, -0.05) is 18.5 Å². The van der Waals surface area contributed by atoms with Gasteiger partial charge in [0.15, 0.2) is 0 Å². The second kappa shape index (κ2) is 6.00. The SMILES string of the molecule is CCSc1ccc(Cl)cc1NC(=O)CN. The van der Waals surface area contributed by atoms with Crippen molar-refractivity contribution in [2.24, 2.45) is 5.73 Å². The zero-order chi connectivity index (χ0) is 11.3. The van der Waals surface area contributed by atoms with Crippen molar-refractivity contribution in [3.63, 3.8) is 0 Å². The van der Waals surface area contributed by atoms with E-state index < -0.39 is 0 Å². The number of amides is 1. The zero-order valence-corrected chi connectivity index (χ0v) is 9.99. The molecule has 3 nitrogen and oxygen atoms in total. The van der Waals surface area contributed by atoms with E-state index in [1.807, 2.05) is 13.0 Å². The summed E-state index contributed by atoms with van der Waals surface area (Å²) in [5.41, 5.74) is 5.96. The molecule has 0 bridgehead atoms. The molecule has 5 heteroatoms. The maximum absolute atomic E-state index is 11.2. The zero-order valence-electron chi connectivity index (χ0n) is 8.42. The van der Waals surface area contributed by atoms with Gasteiger partial charge < -0.3 is 11.1 Å². The Bertz CT molecular complexity index is 357. The van der Waals surface area contributed by atoms with Crippen LogP contribution in [0.2, 0.25) is 5.02 Å². The summed E-state index contributed by atoms with van der Waals surface area (Å²) in [5, 5.41) is 3.32. The number of carbonyl (C=O) groups is 1. The van der Waals surface area contributed by atoms with E-state index in [4.69, 9.17) is 17.3 Å². The van der Waals surface area contributed by atoms with Gasteiger partial charge in [0.25, 0.3) is 0 Å². The van der Waals surface area contributed by atoms with E-state index in [0.29, 0.717) is 5.02 Å². The van der Waals surface area contributed by atoms with Crippen LogP contribution >= 0.6 is 23.4 Å². The summed E-state index contributed by atoms with van der Waals surface area (Å²) < 4.78 is 0. The molecule has 1 aromatic carbocycles. The number of nitrogens with one attached hydrogen (secondary N) is 1. The van der Waals surface area contributed by atoms with Crippen LogP contribution in [0, 0.1) is 0 Å². The van der Waals surface area contributed by atoms with Crippen LogP contribution in [0.4, 0.5) is 5.69 Å². The van der Waals surface area contributed by atoms with Crippen LogP contribution in [0.25, 0.3) is 0 Å². The first-order valence-corrected chi connectivity index (χ1v) is 5.96. The van der Waals surface area contributed by atoms with Crippen LogP contribution in [0.5, 0.6) is 0 Å². The maximum Gasteiger partial charge on any atom is 0.238 e. The first-order valence-electron chi connectivity index (χ1n) is 4.59. The molecule has 1 aromatic rings. The quantitative estimate of drug-likeness (QED) is 0.800. The van der Waals surface area contributed by atoms with Crippen molar-refractivity contribution < 1.29 is 4.79 Å². The van der Waals surface area contributed by atoms with Gasteiger partial charge >= 0.3 is 0 Å². The summed E-state index contributed by atoms with van der Waals surface area (Å²) in [4.78, 5) is 12.2. The molecule has 0 aliphatic heterocycles. The molecule has 1 rings (SSSR count). The van der Waals surface area contributed by atoms with Gasteiger partial charge in [0.1, 0.15) is 0 Å². The van der Waals surface area contributed by atoms with Gasteiger partial charge in [0.2, 0.25) is 5.91 Å². The minimum Gasteiger partial charge on any atom is -0.324 e. The second-order valence-electron chi connectivity index (χ2n) is 2.83. The molecular formula is C10H13ClN2OS. The number of halogens is 1. The monoisotopic (exact) mass is 244 g/mol. The van der Waals surface area contributed by atoms with Crippen molar-refractivity contribution in [2.45, 2.75) is 11.8 Å². The molecule has 0 unspecified atom stereocenters. The van der Waals surface area contributed by atoms with Crippen molar-refractivity contribution in [3.05, 3.63) is 23.2 Å². The normalized spacial score (nSPS) is 10.1. The smallest absolute Gasteiger partial charge is 0.238 e. The minimum absolute atomic E-state index is 0.0251. The summed E-state index contributed by atoms with van der Waals surface area (Å²) in [5.74, 6) is 0.725.